The zero-order valence-corrected chi connectivity index (χ0v) is 23.0. The molecule has 0 heterocycles. The molecule has 8 nitrogen and oxygen atoms in total. The number of nitrogens with two attached hydrogens (primary N) is 2. The molecule has 0 bridgehead atoms. The predicted molar refractivity (Wildman–Crippen MR) is 150 cm³/mol. The second kappa shape index (κ2) is 18.2. The number of rotatable bonds is 9. The number of benzene rings is 3. The number of alkyl halides is 3. The van der Waals surface area contributed by atoms with Gasteiger partial charge in [-0.25, -0.2) is 0 Å². The summed E-state index contributed by atoms with van der Waals surface area (Å²) in [6, 6.07) is 22.7. The highest BCUT2D eigenvalue weighted by Crippen LogP contribution is 2.22. The number of hydrogen-bond donors (Lipinski definition) is 3. The maximum absolute atomic E-state index is 11.9. The maximum atomic E-state index is 11.9. The topological polar surface area (TPSA) is 137 Å². The first-order valence-corrected chi connectivity index (χ1v) is 13.6. The molecule has 12 heteroatoms. The Labute approximate surface area is 234 Å². The molecule has 1 atom stereocenters. The number of ether oxygens (including phenoxy) is 1. The van der Waals surface area contributed by atoms with Crippen molar-refractivity contribution in [2.24, 2.45) is 16.5 Å². The molecule has 5 N–H and O–H groups in total. The summed E-state index contributed by atoms with van der Waals surface area (Å²) in [5.74, 6) is -1.31. The average Bonchev–Trinajstić information content (AvgIpc) is 2.89. The standard InChI is InChI=1S/C10H10F3N3O2.C9H11NO2S.C9H12/c11-10(12,13)18-7-3-1-6(2-4-7)5-8(17)16-9(14)15;1-13(12)9-4-2-8(3-5-9)6-10-7-11;1-2-6-9-7-4-3-5-8-9/h1-4H,5H2,(H4,14,15,16,17);2-5,7H,6H2,1H3,(H,10,11);3-5,7-8H,2,6H2,1H3. The van der Waals surface area contributed by atoms with Gasteiger partial charge < -0.3 is 21.5 Å². The van der Waals surface area contributed by atoms with Crippen LogP contribution in [0, 0.1) is 0 Å². The number of amides is 2. The van der Waals surface area contributed by atoms with Crippen LogP contribution in [0.15, 0.2) is 88.8 Å². The van der Waals surface area contributed by atoms with Gasteiger partial charge in [-0.3, -0.25) is 13.8 Å². The van der Waals surface area contributed by atoms with Gasteiger partial charge in [0.2, 0.25) is 6.41 Å². The van der Waals surface area contributed by atoms with Crippen molar-refractivity contribution in [1.82, 2.24) is 5.32 Å². The van der Waals surface area contributed by atoms with E-state index in [0.717, 1.165) is 22.6 Å². The average molecular weight is 579 g/mol. The minimum atomic E-state index is -4.74. The molecule has 3 aromatic carbocycles. The molecule has 0 aliphatic heterocycles. The molecular formula is C28H33F3N4O4S. The van der Waals surface area contributed by atoms with Gasteiger partial charge >= 0.3 is 6.36 Å². The van der Waals surface area contributed by atoms with E-state index in [9.17, 15) is 27.0 Å². The fourth-order valence-electron chi connectivity index (χ4n) is 3.06. The van der Waals surface area contributed by atoms with Gasteiger partial charge in [0, 0.05) is 28.5 Å². The number of halogens is 3. The Bertz CT molecular complexity index is 1220. The van der Waals surface area contributed by atoms with Crippen LogP contribution in [0.2, 0.25) is 0 Å². The van der Waals surface area contributed by atoms with E-state index in [1.54, 1.807) is 18.4 Å². The van der Waals surface area contributed by atoms with Crippen molar-refractivity contribution < 1.29 is 31.7 Å². The van der Waals surface area contributed by atoms with E-state index in [-0.39, 0.29) is 18.1 Å². The van der Waals surface area contributed by atoms with Crippen LogP contribution in [0.5, 0.6) is 5.75 Å². The molecule has 216 valence electrons. The Morgan fingerprint density at radius 2 is 1.52 bits per heavy atom. The number of hydrogen-bond acceptors (Lipinski definition) is 4. The fraction of sp³-hybridized carbons (Fsp3) is 0.250. The van der Waals surface area contributed by atoms with Crippen molar-refractivity contribution in [3.63, 3.8) is 0 Å². The predicted octanol–water partition coefficient (Wildman–Crippen LogP) is 4.24. The Hall–Kier alpha value is -4.19. The molecule has 0 aliphatic carbocycles. The maximum Gasteiger partial charge on any atom is 0.573 e. The van der Waals surface area contributed by atoms with Gasteiger partial charge in [0.25, 0.3) is 5.91 Å². The third kappa shape index (κ3) is 15.9. The summed E-state index contributed by atoms with van der Waals surface area (Å²) in [5, 5.41) is 2.56. The van der Waals surface area contributed by atoms with Gasteiger partial charge in [-0.1, -0.05) is 67.9 Å². The van der Waals surface area contributed by atoms with Crippen molar-refractivity contribution in [2.45, 2.75) is 44.0 Å². The highest BCUT2D eigenvalue weighted by Gasteiger charge is 2.30. The van der Waals surface area contributed by atoms with Crippen molar-refractivity contribution in [2.75, 3.05) is 6.26 Å². The first-order chi connectivity index (χ1) is 18.9. The number of nitrogens with zero attached hydrogens (tertiary/aromatic N) is 1. The van der Waals surface area contributed by atoms with Crippen molar-refractivity contribution in [3.8, 4) is 5.75 Å². The summed E-state index contributed by atoms with van der Waals surface area (Å²) >= 11 is 0. The third-order valence-corrected chi connectivity index (χ3v) is 5.73. The Balaban J connectivity index is 0.000000318. The van der Waals surface area contributed by atoms with Crippen LogP contribution in [-0.2, 0) is 39.8 Å². The van der Waals surface area contributed by atoms with E-state index < -0.39 is 23.1 Å². The minimum absolute atomic E-state index is 0.107. The molecule has 2 amide bonds. The first-order valence-electron chi connectivity index (χ1n) is 12.0. The molecule has 1 unspecified atom stereocenters. The van der Waals surface area contributed by atoms with Gasteiger partial charge in [-0.2, -0.15) is 4.99 Å². The summed E-state index contributed by atoms with van der Waals surface area (Å²) < 4.78 is 50.3. The zero-order chi connectivity index (χ0) is 30.0. The van der Waals surface area contributed by atoms with Crippen molar-refractivity contribution in [3.05, 3.63) is 95.6 Å². The molecular weight excluding hydrogens is 545 g/mol. The number of aryl methyl sites for hydroxylation is 1. The third-order valence-electron chi connectivity index (χ3n) is 4.79. The SMILES string of the molecule is CCCc1ccccc1.CS(=O)c1ccc(CNC=O)cc1.NC(N)=NC(=O)Cc1ccc(OC(F)(F)F)cc1. The largest absolute Gasteiger partial charge is 0.573 e. The van der Waals surface area contributed by atoms with Gasteiger partial charge in [-0.15, -0.1) is 13.2 Å². The molecule has 0 aromatic heterocycles. The molecule has 40 heavy (non-hydrogen) atoms. The Morgan fingerprint density at radius 1 is 0.950 bits per heavy atom. The summed E-state index contributed by atoms with van der Waals surface area (Å²) in [4.78, 5) is 25.2. The van der Waals surface area contributed by atoms with Gasteiger partial charge in [0.15, 0.2) is 5.96 Å². The Morgan fingerprint density at radius 3 is 2.00 bits per heavy atom. The van der Waals surface area contributed by atoms with Crippen LogP contribution in [0.4, 0.5) is 13.2 Å². The second-order valence-corrected chi connectivity index (χ2v) is 9.51. The van der Waals surface area contributed by atoms with E-state index in [4.69, 9.17) is 11.5 Å². The van der Waals surface area contributed by atoms with Gasteiger partial charge in [0.1, 0.15) is 5.75 Å². The smallest absolute Gasteiger partial charge is 0.406 e. The minimum Gasteiger partial charge on any atom is -0.406 e. The first kappa shape index (κ1) is 33.8. The summed E-state index contributed by atoms with van der Waals surface area (Å²) in [6.07, 6.45) is -0.102. The van der Waals surface area contributed by atoms with E-state index in [0.29, 0.717) is 18.5 Å². The molecule has 3 rings (SSSR count). The number of carbonyl (C=O) groups is 2. The molecule has 0 saturated carbocycles. The fourth-order valence-corrected chi connectivity index (χ4v) is 3.58. The molecule has 3 aromatic rings. The summed E-state index contributed by atoms with van der Waals surface area (Å²) in [5.41, 5.74) is 12.9. The summed E-state index contributed by atoms with van der Waals surface area (Å²) in [7, 11) is -0.933. The number of nitrogens with one attached hydrogen (secondary N) is 1. The van der Waals surface area contributed by atoms with Crippen LogP contribution in [0.25, 0.3) is 0 Å². The monoisotopic (exact) mass is 578 g/mol. The lowest BCUT2D eigenvalue weighted by atomic mass is 10.1. The van der Waals surface area contributed by atoms with Crippen LogP contribution in [0.3, 0.4) is 0 Å². The zero-order valence-electron chi connectivity index (χ0n) is 22.2. The van der Waals surface area contributed by atoms with Crippen LogP contribution in [0.1, 0.15) is 30.0 Å². The van der Waals surface area contributed by atoms with Crippen LogP contribution in [-0.4, -0.2) is 35.1 Å². The normalized spacial score (nSPS) is 10.9. The van der Waals surface area contributed by atoms with Gasteiger partial charge in [-0.05, 0) is 47.4 Å². The van der Waals surface area contributed by atoms with E-state index in [1.165, 1.54) is 30.5 Å². The molecule has 0 radical (unpaired) electrons. The Kier molecular flexibility index (Phi) is 15.4. The summed E-state index contributed by atoms with van der Waals surface area (Å²) in [6.45, 7) is 2.72. The van der Waals surface area contributed by atoms with E-state index in [2.05, 4.69) is 52.3 Å². The lowest BCUT2D eigenvalue weighted by Gasteiger charge is -2.08. The van der Waals surface area contributed by atoms with E-state index in [1.807, 2.05) is 12.1 Å². The van der Waals surface area contributed by atoms with Crippen molar-refractivity contribution in [1.29, 1.82) is 0 Å². The molecule has 0 spiro atoms. The van der Waals surface area contributed by atoms with Crippen LogP contribution < -0.4 is 21.5 Å². The lowest BCUT2D eigenvalue weighted by molar-refractivity contribution is -0.274. The lowest BCUT2D eigenvalue weighted by Crippen LogP contribution is -2.24. The number of aliphatic imine (C=N–C) groups is 1. The van der Waals surface area contributed by atoms with Crippen molar-refractivity contribution >= 4 is 29.1 Å². The number of carbonyl (C=O) groups excluding carboxylic acids is 2. The highest BCUT2D eigenvalue weighted by molar-refractivity contribution is 7.84. The highest BCUT2D eigenvalue weighted by atomic mass is 32.2. The number of guanidine groups is 1. The molecule has 0 fully saturated rings. The quantitative estimate of drug-likeness (QED) is 0.197. The second-order valence-electron chi connectivity index (χ2n) is 8.13. The molecule has 0 saturated heterocycles. The van der Waals surface area contributed by atoms with Crippen LogP contribution >= 0.6 is 0 Å². The van der Waals surface area contributed by atoms with Gasteiger partial charge in [0.05, 0.1) is 6.42 Å². The van der Waals surface area contributed by atoms with E-state index >= 15 is 0 Å². The molecule has 0 aliphatic rings.